The van der Waals surface area contributed by atoms with Crippen LogP contribution in [0.4, 0.5) is 0 Å². The molecule has 8 nitrogen and oxygen atoms in total. The van der Waals surface area contributed by atoms with E-state index in [9.17, 15) is 13.2 Å². The van der Waals surface area contributed by atoms with Gasteiger partial charge in [-0.05, 0) is 39.2 Å². The van der Waals surface area contributed by atoms with Crippen molar-refractivity contribution in [2.24, 2.45) is 0 Å². The number of sulfone groups is 1. The number of rotatable bonds is 5. The van der Waals surface area contributed by atoms with Crippen molar-refractivity contribution in [3.8, 4) is 11.3 Å². The lowest BCUT2D eigenvalue weighted by atomic mass is 10.0. The Hall–Kier alpha value is -2.78. The normalized spacial score (nSPS) is 22.1. The summed E-state index contributed by atoms with van der Waals surface area (Å²) in [5, 5.41) is 8.33. The molecule has 0 aliphatic carbocycles. The van der Waals surface area contributed by atoms with E-state index < -0.39 is 9.84 Å². The first-order valence-electron chi connectivity index (χ1n) is 11.4. The number of benzene rings is 1. The van der Waals surface area contributed by atoms with Crippen LogP contribution < -0.4 is 5.32 Å². The van der Waals surface area contributed by atoms with E-state index in [4.69, 9.17) is 9.72 Å². The Kier molecular flexibility index (Phi) is 5.70. The van der Waals surface area contributed by atoms with Gasteiger partial charge in [-0.2, -0.15) is 5.10 Å². The van der Waals surface area contributed by atoms with Crippen LogP contribution >= 0.6 is 0 Å². The molecular weight excluding hydrogens is 440 g/mol. The maximum atomic E-state index is 13.3. The number of amides is 1. The maximum absolute atomic E-state index is 13.3. The lowest BCUT2D eigenvalue weighted by Gasteiger charge is -2.14. The van der Waals surface area contributed by atoms with Crippen molar-refractivity contribution in [2.45, 2.75) is 45.3 Å². The van der Waals surface area contributed by atoms with Gasteiger partial charge in [0.25, 0.3) is 5.91 Å². The highest BCUT2D eigenvalue weighted by atomic mass is 32.2. The number of hydrogen-bond acceptors (Lipinski definition) is 6. The monoisotopic (exact) mass is 468 g/mol. The summed E-state index contributed by atoms with van der Waals surface area (Å²) in [5.74, 6) is -0.0158. The summed E-state index contributed by atoms with van der Waals surface area (Å²) in [6.07, 6.45) is 2.48. The van der Waals surface area contributed by atoms with E-state index in [1.165, 1.54) is 0 Å². The molecule has 1 amide bonds. The van der Waals surface area contributed by atoms with Crippen LogP contribution in [0.15, 0.2) is 30.3 Å². The number of fused-ring (bicyclic) bond motifs is 1. The minimum Gasteiger partial charge on any atom is -0.376 e. The molecule has 0 bridgehead atoms. The molecule has 2 fully saturated rings. The van der Waals surface area contributed by atoms with Gasteiger partial charge in [-0.15, -0.1) is 0 Å². The molecule has 2 aromatic heterocycles. The standard InChI is InChI=1S/C24H28N4O4S/c1-15-5-7-17(8-6-15)21-12-20(24(29)25-13-19-4-3-10-32-19)22-16(2)27-28(23(22)26-21)18-9-11-33(30,31)14-18/h5-8,12,18-19H,3-4,9-11,13-14H2,1-2H3,(H,25,29)/t18-,19+/m0/s1. The van der Waals surface area contributed by atoms with Crippen LogP contribution in [0, 0.1) is 13.8 Å². The van der Waals surface area contributed by atoms with Crippen LogP contribution in [-0.2, 0) is 14.6 Å². The average Bonchev–Trinajstić information content (AvgIpc) is 3.51. The highest BCUT2D eigenvalue weighted by Gasteiger charge is 2.32. The quantitative estimate of drug-likeness (QED) is 0.618. The molecule has 0 unspecified atom stereocenters. The SMILES string of the molecule is Cc1ccc(-c2cc(C(=O)NC[C@H]3CCCO3)c3c(C)nn([C@H]4CCS(=O)(=O)C4)c3n2)cc1. The molecular formula is C24H28N4O4S. The zero-order valence-electron chi connectivity index (χ0n) is 18.9. The van der Waals surface area contributed by atoms with Gasteiger partial charge in [-0.3, -0.25) is 4.79 Å². The molecule has 2 saturated heterocycles. The topological polar surface area (TPSA) is 103 Å². The molecule has 2 aliphatic heterocycles. The lowest BCUT2D eigenvalue weighted by molar-refractivity contribution is 0.0859. The van der Waals surface area contributed by atoms with Gasteiger partial charge in [-0.1, -0.05) is 29.8 Å². The van der Waals surface area contributed by atoms with E-state index in [1.807, 2.05) is 44.2 Å². The summed E-state index contributed by atoms with van der Waals surface area (Å²) in [5.41, 5.74) is 4.39. The predicted octanol–water partition coefficient (Wildman–Crippen LogP) is 2.98. The van der Waals surface area contributed by atoms with Crippen LogP contribution in [0.25, 0.3) is 22.3 Å². The fraction of sp³-hybridized carbons (Fsp3) is 0.458. The van der Waals surface area contributed by atoms with Gasteiger partial charge in [0.15, 0.2) is 15.5 Å². The number of ether oxygens (including phenoxy) is 1. The molecule has 4 heterocycles. The first-order valence-corrected chi connectivity index (χ1v) is 13.2. The molecule has 0 saturated carbocycles. The third-order valence-corrected chi connectivity index (χ3v) is 8.25. The van der Waals surface area contributed by atoms with Gasteiger partial charge < -0.3 is 10.1 Å². The van der Waals surface area contributed by atoms with E-state index in [0.717, 1.165) is 30.6 Å². The van der Waals surface area contributed by atoms with E-state index in [-0.39, 0.29) is 29.6 Å². The van der Waals surface area contributed by atoms with Crippen molar-refractivity contribution >= 4 is 26.8 Å². The second kappa shape index (κ2) is 8.53. The molecule has 2 aliphatic rings. The summed E-state index contributed by atoms with van der Waals surface area (Å²) in [6.45, 7) is 5.04. The Labute approximate surface area is 193 Å². The number of carbonyl (C=O) groups excluding carboxylic acids is 1. The van der Waals surface area contributed by atoms with Crippen molar-refractivity contribution < 1.29 is 17.9 Å². The van der Waals surface area contributed by atoms with E-state index in [0.29, 0.717) is 41.0 Å². The van der Waals surface area contributed by atoms with Crippen LogP contribution in [0.5, 0.6) is 0 Å². The lowest BCUT2D eigenvalue weighted by Crippen LogP contribution is -2.32. The van der Waals surface area contributed by atoms with Crippen molar-refractivity contribution in [3.63, 3.8) is 0 Å². The third-order valence-electron chi connectivity index (χ3n) is 6.50. The molecule has 33 heavy (non-hydrogen) atoms. The minimum absolute atomic E-state index is 0.0374. The Morgan fingerprint density at radius 3 is 2.67 bits per heavy atom. The molecule has 0 spiro atoms. The summed E-state index contributed by atoms with van der Waals surface area (Å²) < 4.78 is 31.6. The number of aromatic nitrogens is 3. The molecule has 174 valence electrons. The number of aryl methyl sites for hydroxylation is 2. The second-order valence-corrected chi connectivity index (χ2v) is 11.3. The number of nitrogens with zero attached hydrogens (tertiary/aromatic N) is 3. The van der Waals surface area contributed by atoms with Crippen molar-refractivity contribution in [2.75, 3.05) is 24.7 Å². The third kappa shape index (κ3) is 4.39. The minimum atomic E-state index is -3.10. The van der Waals surface area contributed by atoms with Gasteiger partial charge >= 0.3 is 0 Å². The molecule has 1 N–H and O–H groups in total. The number of carbonyl (C=O) groups is 1. The molecule has 9 heteroatoms. The van der Waals surface area contributed by atoms with Gasteiger partial charge in [0.2, 0.25) is 0 Å². The largest absolute Gasteiger partial charge is 0.376 e. The zero-order chi connectivity index (χ0) is 23.2. The fourth-order valence-corrected chi connectivity index (χ4v) is 6.39. The number of pyridine rings is 1. The molecule has 0 radical (unpaired) electrons. The van der Waals surface area contributed by atoms with Crippen LogP contribution in [-0.4, -0.2) is 59.9 Å². The Morgan fingerprint density at radius 2 is 2.00 bits per heavy atom. The summed E-state index contributed by atoms with van der Waals surface area (Å²) in [6, 6.07) is 9.49. The van der Waals surface area contributed by atoms with Crippen molar-refractivity contribution in [1.29, 1.82) is 0 Å². The van der Waals surface area contributed by atoms with E-state index >= 15 is 0 Å². The molecule has 3 aromatic rings. The van der Waals surface area contributed by atoms with Gasteiger partial charge in [0.05, 0.1) is 46.0 Å². The summed E-state index contributed by atoms with van der Waals surface area (Å²) in [7, 11) is -3.10. The Balaban J connectivity index is 1.60. The Bertz CT molecular complexity index is 1310. The van der Waals surface area contributed by atoms with Gasteiger partial charge in [0, 0.05) is 18.7 Å². The van der Waals surface area contributed by atoms with E-state index in [2.05, 4.69) is 10.4 Å². The summed E-state index contributed by atoms with van der Waals surface area (Å²) >= 11 is 0. The average molecular weight is 469 g/mol. The van der Waals surface area contributed by atoms with Crippen molar-refractivity contribution in [3.05, 3.63) is 47.2 Å². The highest BCUT2D eigenvalue weighted by Crippen LogP contribution is 2.32. The van der Waals surface area contributed by atoms with E-state index in [1.54, 1.807) is 4.68 Å². The molecule has 2 atom stereocenters. The maximum Gasteiger partial charge on any atom is 0.252 e. The zero-order valence-corrected chi connectivity index (χ0v) is 19.7. The predicted molar refractivity (Wildman–Crippen MR) is 126 cm³/mol. The molecule has 1 aromatic carbocycles. The van der Waals surface area contributed by atoms with Gasteiger partial charge in [-0.25, -0.2) is 18.1 Å². The van der Waals surface area contributed by atoms with Gasteiger partial charge in [0.1, 0.15) is 0 Å². The smallest absolute Gasteiger partial charge is 0.252 e. The number of hydrogen-bond donors (Lipinski definition) is 1. The second-order valence-electron chi connectivity index (χ2n) is 9.05. The fourth-order valence-electron chi connectivity index (χ4n) is 4.69. The Morgan fingerprint density at radius 1 is 1.21 bits per heavy atom. The van der Waals surface area contributed by atoms with Crippen molar-refractivity contribution in [1.82, 2.24) is 20.1 Å². The number of nitrogens with one attached hydrogen (secondary N) is 1. The first-order chi connectivity index (χ1) is 15.8. The van der Waals surface area contributed by atoms with Crippen LogP contribution in [0.1, 0.15) is 46.9 Å². The first kappa shape index (κ1) is 22.0. The summed E-state index contributed by atoms with van der Waals surface area (Å²) in [4.78, 5) is 18.2. The van der Waals surface area contributed by atoms with Crippen LogP contribution in [0.2, 0.25) is 0 Å². The van der Waals surface area contributed by atoms with Crippen LogP contribution in [0.3, 0.4) is 0 Å². The highest BCUT2D eigenvalue weighted by molar-refractivity contribution is 7.91. The molecule has 5 rings (SSSR count).